The third kappa shape index (κ3) is 4.57. The summed E-state index contributed by atoms with van der Waals surface area (Å²) in [4.78, 5) is 30.2. The SMILES string of the molecule is COc1ccc(-n2c(SCC(=O)NN=Cc3cccn3C)nc3ccccc3c2=O)cc1. The van der Waals surface area contributed by atoms with Gasteiger partial charge in [-0.25, -0.2) is 10.4 Å². The van der Waals surface area contributed by atoms with Crippen molar-refractivity contribution in [1.29, 1.82) is 0 Å². The second-order valence-electron chi connectivity index (χ2n) is 6.88. The molecule has 1 N–H and O–H groups in total. The highest BCUT2D eigenvalue weighted by atomic mass is 32.2. The Kier molecular flexibility index (Phi) is 6.37. The molecule has 2 aromatic carbocycles. The van der Waals surface area contributed by atoms with Crippen LogP contribution in [-0.2, 0) is 11.8 Å². The number of hydrogen-bond acceptors (Lipinski definition) is 6. The van der Waals surface area contributed by atoms with Crippen molar-refractivity contribution in [1.82, 2.24) is 19.5 Å². The number of carbonyl (C=O) groups excluding carboxylic acids is 1. The highest BCUT2D eigenvalue weighted by Crippen LogP contribution is 2.22. The number of aryl methyl sites for hydroxylation is 1. The maximum atomic E-state index is 13.2. The van der Waals surface area contributed by atoms with Crippen LogP contribution in [0.25, 0.3) is 16.6 Å². The number of hydrazone groups is 1. The van der Waals surface area contributed by atoms with E-state index in [1.54, 1.807) is 55.8 Å². The molecule has 0 aliphatic heterocycles. The number of rotatable bonds is 7. The molecule has 0 spiro atoms. The fourth-order valence-electron chi connectivity index (χ4n) is 3.11. The van der Waals surface area contributed by atoms with Crippen molar-refractivity contribution in [2.24, 2.45) is 12.1 Å². The van der Waals surface area contributed by atoms with Gasteiger partial charge in [0.2, 0.25) is 0 Å². The number of carbonyl (C=O) groups is 1. The Morgan fingerprint density at radius 2 is 1.94 bits per heavy atom. The Labute approximate surface area is 188 Å². The lowest BCUT2D eigenvalue weighted by Crippen LogP contribution is -2.24. The van der Waals surface area contributed by atoms with Crippen LogP contribution in [0.2, 0.25) is 0 Å². The lowest BCUT2D eigenvalue weighted by Gasteiger charge is -2.13. The number of hydrogen-bond donors (Lipinski definition) is 1. The first-order valence-electron chi connectivity index (χ1n) is 9.79. The molecule has 1 amide bonds. The first-order valence-corrected chi connectivity index (χ1v) is 10.8. The Hall–Kier alpha value is -3.85. The maximum Gasteiger partial charge on any atom is 0.266 e. The summed E-state index contributed by atoms with van der Waals surface area (Å²) in [6, 6.07) is 18.0. The minimum atomic E-state index is -0.302. The van der Waals surface area contributed by atoms with Crippen molar-refractivity contribution < 1.29 is 9.53 Å². The van der Waals surface area contributed by atoms with E-state index >= 15 is 0 Å². The van der Waals surface area contributed by atoms with Gasteiger partial charge in [0.05, 0.1) is 41.4 Å². The molecule has 4 aromatic rings. The number of methoxy groups -OCH3 is 1. The normalized spacial score (nSPS) is 11.2. The van der Waals surface area contributed by atoms with Crippen LogP contribution in [0.15, 0.2) is 81.9 Å². The minimum absolute atomic E-state index is 0.0470. The van der Waals surface area contributed by atoms with E-state index in [1.165, 1.54) is 16.3 Å². The van der Waals surface area contributed by atoms with Crippen molar-refractivity contribution >= 4 is 34.8 Å². The molecule has 4 rings (SSSR count). The van der Waals surface area contributed by atoms with Crippen molar-refractivity contribution in [3.05, 3.63) is 82.9 Å². The van der Waals surface area contributed by atoms with E-state index in [0.717, 1.165) is 5.69 Å². The number of amides is 1. The number of nitrogens with one attached hydrogen (secondary N) is 1. The first kappa shape index (κ1) is 21.4. The summed E-state index contributed by atoms with van der Waals surface area (Å²) < 4.78 is 8.60. The van der Waals surface area contributed by atoms with Crippen LogP contribution in [0.4, 0.5) is 0 Å². The average molecular weight is 448 g/mol. The Morgan fingerprint density at radius 1 is 1.16 bits per heavy atom. The summed E-state index contributed by atoms with van der Waals surface area (Å²) in [6.45, 7) is 0. The molecule has 2 aromatic heterocycles. The number of para-hydroxylation sites is 1. The number of fused-ring (bicyclic) bond motifs is 1. The van der Waals surface area contributed by atoms with Gasteiger partial charge in [0.15, 0.2) is 5.16 Å². The smallest absolute Gasteiger partial charge is 0.266 e. The van der Waals surface area contributed by atoms with Gasteiger partial charge in [-0.2, -0.15) is 5.10 Å². The monoisotopic (exact) mass is 447 g/mol. The van der Waals surface area contributed by atoms with Gasteiger partial charge in [0.25, 0.3) is 11.5 Å². The minimum Gasteiger partial charge on any atom is -0.497 e. The summed E-state index contributed by atoms with van der Waals surface area (Å²) in [5, 5.41) is 4.91. The van der Waals surface area contributed by atoms with Crippen molar-refractivity contribution in [3.8, 4) is 11.4 Å². The van der Waals surface area contributed by atoms with Gasteiger partial charge in [0.1, 0.15) is 5.75 Å². The number of thioether (sulfide) groups is 1. The molecule has 162 valence electrons. The highest BCUT2D eigenvalue weighted by Gasteiger charge is 2.15. The van der Waals surface area contributed by atoms with E-state index < -0.39 is 0 Å². The molecule has 0 unspecified atom stereocenters. The highest BCUT2D eigenvalue weighted by molar-refractivity contribution is 7.99. The number of ether oxygens (including phenoxy) is 1. The van der Waals surface area contributed by atoms with E-state index in [0.29, 0.717) is 27.5 Å². The Bertz CT molecular complexity index is 1340. The Balaban J connectivity index is 1.59. The molecule has 32 heavy (non-hydrogen) atoms. The summed E-state index contributed by atoms with van der Waals surface area (Å²) in [7, 11) is 3.47. The third-order valence-corrected chi connectivity index (χ3v) is 5.72. The zero-order valence-corrected chi connectivity index (χ0v) is 18.4. The van der Waals surface area contributed by atoms with Crippen LogP contribution in [0, 0.1) is 0 Å². The summed E-state index contributed by atoms with van der Waals surface area (Å²) in [5.74, 6) is 0.426. The van der Waals surface area contributed by atoms with Gasteiger partial charge in [-0.1, -0.05) is 23.9 Å². The molecule has 0 atom stereocenters. The fourth-order valence-corrected chi connectivity index (χ4v) is 3.91. The lowest BCUT2D eigenvalue weighted by atomic mass is 10.2. The predicted molar refractivity (Wildman–Crippen MR) is 126 cm³/mol. The molecule has 0 saturated heterocycles. The van der Waals surface area contributed by atoms with E-state index in [9.17, 15) is 9.59 Å². The number of nitrogens with zero attached hydrogens (tertiary/aromatic N) is 4. The van der Waals surface area contributed by atoms with E-state index in [1.807, 2.05) is 36.0 Å². The van der Waals surface area contributed by atoms with Crippen molar-refractivity contribution in [2.75, 3.05) is 12.9 Å². The summed E-state index contributed by atoms with van der Waals surface area (Å²) >= 11 is 1.17. The standard InChI is InChI=1S/C23H21N5O3S/c1-27-13-5-6-17(27)14-24-26-21(29)15-32-23-25-20-8-4-3-7-19(20)22(30)28(23)16-9-11-18(31-2)12-10-16/h3-14H,15H2,1-2H3,(H,26,29). The fraction of sp³-hybridized carbons (Fsp3) is 0.130. The van der Waals surface area contributed by atoms with Gasteiger partial charge in [-0.15, -0.1) is 0 Å². The van der Waals surface area contributed by atoms with Gasteiger partial charge in [-0.3, -0.25) is 14.2 Å². The second kappa shape index (κ2) is 9.52. The van der Waals surface area contributed by atoms with Crippen LogP contribution < -0.4 is 15.7 Å². The van der Waals surface area contributed by atoms with Crippen LogP contribution >= 0.6 is 11.8 Å². The van der Waals surface area contributed by atoms with Crippen molar-refractivity contribution in [3.63, 3.8) is 0 Å². The van der Waals surface area contributed by atoms with E-state index in [4.69, 9.17) is 4.74 Å². The van der Waals surface area contributed by atoms with Crippen LogP contribution in [-0.4, -0.2) is 39.1 Å². The second-order valence-corrected chi connectivity index (χ2v) is 7.82. The van der Waals surface area contributed by atoms with Gasteiger partial charge >= 0.3 is 0 Å². The maximum absolute atomic E-state index is 13.2. The molecular formula is C23H21N5O3S. The molecule has 0 aliphatic carbocycles. The zero-order valence-electron chi connectivity index (χ0n) is 17.6. The predicted octanol–water partition coefficient (Wildman–Crippen LogP) is 2.98. The average Bonchev–Trinajstić information content (AvgIpc) is 3.22. The topological polar surface area (TPSA) is 90.5 Å². The molecule has 0 radical (unpaired) electrons. The molecular weight excluding hydrogens is 426 g/mol. The summed E-state index contributed by atoms with van der Waals surface area (Å²) in [5.41, 5.74) is 4.38. The quantitative estimate of drug-likeness (QED) is 0.204. The first-order chi connectivity index (χ1) is 15.6. The molecule has 0 bridgehead atoms. The van der Waals surface area contributed by atoms with Crippen LogP contribution in [0.5, 0.6) is 5.75 Å². The number of aromatic nitrogens is 3. The molecule has 2 heterocycles. The molecule has 8 nitrogen and oxygen atoms in total. The molecule has 0 saturated carbocycles. The van der Waals surface area contributed by atoms with E-state index in [2.05, 4.69) is 15.5 Å². The van der Waals surface area contributed by atoms with Gasteiger partial charge < -0.3 is 9.30 Å². The van der Waals surface area contributed by atoms with E-state index in [-0.39, 0.29) is 17.2 Å². The summed E-state index contributed by atoms with van der Waals surface area (Å²) in [6.07, 6.45) is 3.47. The van der Waals surface area contributed by atoms with Crippen molar-refractivity contribution in [2.45, 2.75) is 5.16 Å². The largest absolute Gasteiger partial charge is 0.497 e. The van der Waals surface area contributed by atoms with Crippen LogP contribution in [0.1, 0.15) is 5.69 Å². The molecule has 0 fully saturated rings. The zero-order chi connectivity index (χ0) is 22.5. The van der Waals surface area contributed by atoms with Gasteiger partial charge in [0, 0.05) is 13.2 Å². The lowest BCUT2D eigenvalue weighted by molar-refractivity contribution is -0.118. The van der Waals surface area contributed by atoms with Crippen LogP contribution in [0.3, 0.4) is 0 Å². The third-order valence-electron chi connectivity index (χ3n) is 4.78. The van der Waals surface area contributed by atoms with Gasteiger partial charge in [-0.05, 0) is 48.5 Å². The molecule has 9 heteroatoms. The molecule has 0 aliphatic rings. The Morgan fingerprint density at radius 3 is 2.66 bits per heavy atom. The number of benzene rings is 2.